The van der Waals surface area contributed by atoms with Gasteiger partial charge in [-0.15, -0.1) is 0 Å². The van der Waals surface area contributed by atoms with E-state index in [4.69, 9.17) is 16.3 Å². The Morgan fingerprint density at radius 2 is 2.20 bits per heavy atom. The number of aromatic nitrogens is 1. The zero-order chi connectivity index (χ0) is 10.8. The van der Waals surface area contributed by atoms with Crippen LogP contribution in [0.5, 0.6) is 5.75 Å². The van der Waals surface area contributed by atoms with E-state index in [-0.39, 0.29) is 0 Å². The Morgan fingerprint density at radius 3 is 2.87 bits per heavy atom. The van der Waals surface area contributed by atoms with E-state index in [2.05, 4.69) is 4.98 Å². The summed E-state index contributed by atoms with van der Waals surface area (Å²) in [6.07, 6.45) is 0.759. The van der Waals surface area contributed by atoms with Crippen molar-refractivity contribution in [3.63, 3.8) is 0 Å². The topological polar surface area (TPSA) is 39.2 Å². The number of aldehydes is 1. The first-order valence-corrected chi connectivity index (χ1v) is 4.72. The molecule has 4 heteroatoms. The summed E-state index contributed by atoms with van der Waals surface area (Å²) in [5.41, 5.74) is 1.20. The second-order valence-corrected chi connectivity index (χ2v) is 3.42. The van der Waals surface area contributed by atoms with Crippen LogP contribution in [0.4, 0.5) is 0 Å². The molecule has 0 saturated carbocycles. The van der Waals surface area contributed by atoms with Crippen molar-refractivity contribution in [1.29, 1.82) is 0 Å². The van der Waals surface area contributed by atoms with E-state index in [1.807, 2.05) is 0 Å². The summed E-state index contributed by atoms with van der Waals surface area (Å²) in [5.74, 6) is 0.690. The second kappa shape index (κ2) is 3.87. The molecule has 0 unspecified atom stereocenters. The van der Waals surface area contributed by atoms with Gasteiger partial charge in [0.25, 0.3) is 0 Å². The van der Waals surface area contributed by atoms with Gasteiger partial charge in [-0.05, 0) is 24.3 Å². The van der Waals surface area contributed by atoms with Gasteiger partial charge in [-0.2, -0.15) is 0 Å². The molecule has 0 amide bonds. The Kier molecular flexibility index (Phi) is 2.56. The highest BCUT2D eigenvalue weighted by molar-refractivity contribution is 6.30. The normalized spacial score (nSPS) is 10.3. The maximum Gasteiger partial charge on any atom is 0.150 e. The SMILES string of the molecule is COc1ccc2nc(Cl)cc(C=O)c2c1. The van der Waals surface area contributed by atoms with E-state index in [1.54, 1.807) is 25.3 Å². The minimum atomic E-state index is 0.315. The van der Waals surface area contributed by atoms with E-state index in [0.29, 0.717) is 22.0 Å². The van der Waals surface area contributed by atoms with Crippen LogP contribution < -0.4 is 4.74 Å². The number of rotatable bonds is 2. The monoisotopic (exact) mass is 221 g/mol. The van der Waals surface area contributed by atoms with Gasteiger partial charge in [-0.25, -0.2) is 4.98 Å². The number of hydrogen-bond donors (Lipinski definition) is 0. The Morgan fingerprint density at radius 1 is 1.40 bits per heavy atom. The molecule has 0 N–H and O–H groups in total. The third-order valence-corrected chi connectivity index (χ3v) is 2.34. The van der Waals surface area contributed by atoms with Crippen molar-refractivity contribution < 1.29 is 9.53 Å². The molecule has 2 aromatic rings. The van der Waals surface area contributed by atoms with Crippen LogP contribution in [0, 0.1) is 0 Å². The van der Waals surface area contributed by atoms with Gasteiger partial charge < -0.3 is 4.74 Å². The van der Waals surface area contributed by atoms with Crippen LogP contribution in [0.15, 0.2) is 24.3 Å². The number of nitrogens with zero attached hydrogens (tertiary/aromatic N) is 1. The van der Waals surface area contributed by atoms with Crippen LogP contribution in [0.25, 0.3) is 10.9 Å². The van der Waals surface area contributed by atoms with Gasteiger partial charge >= 0.3 is 0 Å². The average Bonchev–Trinajstić information content (AvgIpc) is 2.27. The van der Waals surface area contributed by atoms with Crippen LogP contribution in [-0.2, 0) is 0 Å². The van der Waals surface area contributed by atoms with E-state index in [0.717, 1.165) is 11.7 Å². The number of hydrogen-bond acceptors (Lipinski definition) is 3. The molecule has 0 spiro atoms. The van der Waals surface area contributed by atoms with Crippen molar-refractivity contribution >= 4 is 28.8 Å². The molecule has 0 fully saturated rings. The first-order valence-electron chi connectivity index (χ1n) is 4.34. The van der Waals surface area contributed by atoms with Crippen molar-refractivity contribution in [2.45, 2.75) is 0 Å². The molecular formula is C11H8ClNO2. The van der Waals surface area contributed by atoms with Gasteiger partial charge in [0.1, 0.15) is 10.9 Å². The number of fused-ring (bicyclic) bond motifs is 1. The molecule has 15 heavy (non-hydrogen) atoms. The Labute approximate surface area is 91.6 Å². The van der Waals surface area contributed by atoms with Crippen molar-refractivity contribution in [3.05, 3.63) is 35.0 Å². The molecule has 0 atom stereocenters. The molecule has 0 saturated heterocycles. The zero-order valence-electron chi connectivity index (χ0n) is 8.03. The fourth-order valence-corrected chi connectivity index (χ4v) is 1.63. The molecule has 1 aromatic heterocycles. The molecule has 0 aliphatic rings. The van der Waals surface area contributed by atoms with Gasteiger partial charge in [0.05, 0.1) is 12.6 Å². The fraction of sp³-hybridized carbons (Fsp3) is 0.0909. The van der Waals surface area contributed by atoms with Gasteiger partial charge in [0.15, 0.2) is 6.29 Å². The van der Waals surface area contributed by atoms with Crippen molar-refractivity contribution in [1.82, 2.24) is 4.98 Å². The molecular weight excluding hydrogens is 214 g/mol. The number of carbonyl (C=O) groups is 1. The molecule has 0 aliphatic heterocycles. The minimum Gasteiger partial charge on any atom is -0.497 e. The predicted octanol–water partition coefficient (Wildman–Crippen LogP) is 2.71. The number of pyridine rings is 1. The second-order valence-electron chi connectivity index (χ2n) is 3.04. The molecule has 3 nitrogen and oxygen atoms in total. The highest BCUT2D eigenvalue weighted by Crippen LogP contribution is 2.24. The summed E-state index contributed by atoms with van der Waals surface area (Å²) >= 11 is 5.78. The van der Waals surface area contributed by atoms with Gasteiger partial charge in [-0.1, -0.05) is 11.6 Å². The third-order valence-electron chi connectivity index (χ3n) is 2.14. The van der Waals surface area contributed by atoms with Gasteiger partial charge in [0.2, 0.25) is 0 Å². The van der Waals surface area contributed by atoms with Crippen LogP contribution in [0.3, 0.4) is 0 Å². The first kappa shape index (κ1) is 9.93. The lowest BCUT2D eigenvalue weighted by Crippen LogP contribution is -1.89. The number of methoxy groups -OCH3 is 1. The summed E-state index contributed by atoms with van der Waals surface area (Å²) in [6.45, 7) is 0. The van der Waals surface area contributed by atoms with Crippen LogP contribution in [-0.4, -0.2) is 18.4 Å². The van der Waals surface area contributed by atoms with Crippen molar-refractivity contribution in [2.75, 3.05) is 7.11 Å². The lowest BCUT2D eigenvalue weighted by molar-refractivity contribution is 0.112. The summed E-state index contributed by atoms with van der Waals surface area (Å²) < 4.78 is 5.08. The van der Waals surface area contributed by atoms with Gasteiger partial charge in [-0.3, -0.25) is 4.79 Å². The smallest absolute Gasteiger partial charge is 0.150 e. The maximum absolute atomic E-state index is 10.8. The van der Waals surface area contributed by atoms with Crippen molar-refractivity contribution in [3.8, 4) is 5.75 Å². The summed E-state index contributed by atoms with van der Waals surface area (Å²) in [4.78, 5) is 15.0. The first-order chi connectivity index (χ1) is 7.24. The lowest BCUT2D eigenvalue weighted by atomic mass is 10.1. The highest BCUT2D eigenvalue weighted by atomic mass is 35.5. The number of benzene rings is 1. The summed E-state index contributed by atoms with van der Waals surface area (Å²) in [6, 6.07) is 6.85. The fourth-order valence-electron chi connectivity index (χ4n) is 1.42. The molecule has 0 radical (unpaired) electrons. The molecule has 76 valence electrons. The quantitative estimate of drug-likeness (QED) is 0.578. The van der Waals surface area contributed by atoms with Crippen LogP contribution in [0.1, 0.15) is 10.4 Å². The zero-order valence-corrected chi connectivity index (χ0v) is 8.78. The molecule has 1 heterocycles. The largest absolute Gasteiger partial charge is 0.497 e. The van der Waals surface area contributed by atoms with Crippen molar-refractivity contribution in [2.24, 2.45) is 0 Å². The van der Waals surface area contributed by atoms with Gasteiger partial charge in [0, 0.05) is 10.9 Å². The van der Waals surface area contributed by atoms with E-state index in [1.165, 1.54) is 6.07 Å². The lowest BCUT2D eigenvalue weighted by Gasteiger charge is -2.04. The molecule has 1 aromatic carbocycles. The predicted molar refractivity (Wildman–Crippen MR) is 58.7 cm³/mol. The Bertz CT molecular complexity index is 525. The number of halogens is 1. The molecule has 0 bridgehead atoms. The van der Waals surface area contributed by atoms with E-state index < -0.39 is 0 Å². The Hall–Kier alpha value is -1.61. The highest BCUT2D eigenvalue weighted by Gasteiger charge is 2.05. The number of carbonyl (C=O) groups excluding carboxylic acids is 1. The van der Waals surface area contributed by atoms with Crippen LogP contribution >= 0.6 is 11.6 Å². The van der Waals surface area contributed by atoms with E-state index in [9.17, 15) is 4.79 Å². The minimum absolute atomic E-state index is 0.315. The summed E-state index contributed by atoms with van der Waals surface area (Å²) in [7, 11) is 1.57. The number of ether oxygens (including phenoxy) is 1. The van der Waals surface area contributed by atoms with Crippen LogP contribution in [0.2, 0.25) is 5.15 Å². The Balaban J connectivity index is 2.79. The third kappa shape index (κ3) is 1.78. The standard InChI is InChI=1S/C11H8ClNO2/c1-15-8-2-3-10-9(5-8)7(6-14)4-11(12)13-10/h2-6H,1H3. The summed E-state index contributed by atoms with van der Waals surface area (Å²) in [5, 5.41) is 1.06. The maximum atomic E-state index is 10.8. The van der Waals surface area contributed by atoms with E-state index >= 15 is 0 Å². The average molecular weight is 222 g/mol. The molecule has 0 aliphatic carbocycles. The molecule has 2 rings (SSSR count).